The van der Waals surface area contributed by atoms with Gasteiger partial charge in [0.1, 0.15) is 6.61 Å². The highest BCUT2D eigenvalue weighted by molar-refractivity contribution is 9.09. The monoisotopic (exact) mass is 329 g/mol. The number of nitrogens with zero attached hydrogens (tertiary/aromatic N) is 1. The van der Waals surface area contributed by atoms with E-state index in [1.165, 1.54) is 0 Å². The standard InChI is InChI=1S/C14H20BrNO3/c1-3-18-12-6-4-5-7-13(12)19-11-10-16(2)14(17)8-9-15/h4-7H,3,8-11H2,1-2H3. The van der Waals surface area contributed by atoms with E-state index < -0.39 is 0 Å². The molecule has 1 rings (SSSR count). The van der Waals surface area contributed by atoms with E-state index in [0.29, 0.717) is 37.3 Å². The van der Waals surface area contributed by atoms with Crippen LogP contribution in [0.3, 0.4) is 0 Å². The van der Waals surface area contributed by atoms with Gasteiger partial charge in [-0.1, -0.05) is 28.1 Å². The Hall–Kier alpha value is -1.23. The molecule has 5 heteroatoms. The van der Waals surface area contributed by atoms with Crippen molar-refractivity contribution in [2.75, 3.05) is 32.1 Å². The molecule has 19 heavy (non-hydrogen) atoms. The van der Waals surface area contributed by atoms with Gasteiger partial charge in [-0.05, 0) is 19.1 Å². The Kier molecular flexibility index (Phi) is 7.33. The number of hydrogen-bond acceptors (Lipinski definition) is 3. The maximum absolute atomic E-state index is 11.6. The molecule has 0 aliphatic rings. The highest BCUT2D eigenvalue weighted by Gasteiger charge is 2.08. The molecule has 0 unspecified atom stereocenters. The van der Waals surface area contributed by atoms with Gasteiger partial charge >= 0.3 is 0 Å². The summed E-state index contributed by atoms with van der Waals surface area (Å²) >= 11 is 3.25. The molecule has 1 aromatic rings. The molecule has 0 radical (unpaired) electrons. The predicted octanol–water partition coefficient (Wildman–Crippen LogP) is 2.71. The number of benzene rings is 1. The molecule has 0 spiro atoms. The van der Waals surface area contributed by atoms with Crippen molar-refractivity contribution in [2.24, 2.45) is 0 Å². The zero-order valence-electron chi connectivity index (χ0n) is 11.4. The van der Waals surface area contributed by atoms with E-state index in [9.17, 15) is 4.79 Å². The number of halogens is 1. The molecule has 0 aromatic heterocycles. The Morgan fingerprint density at radius 2 is 1.89 bits per heavy atom. The molecule has 0 N–H and O–H groups in total. The number of para-hydroxylation sites is 2. The minimum absolute atomic E-state index is 0.110. The van der Waals surface area contributed by atoms with Crippen LogP contribution in [0.15, 0.2) is 24.3 Å². The smallest absolute Gasteiger partial charge is 0.223 e. The van der Waals surface area contributed by atoms with Gasteiger partial charge in [-0.25, -0.2) is 0 Å². The van der Waals surface area contributed by atoms with Gasteiger partial charge in [0, 0.05) is 18.8 Å². The van der Waals surface area contributed by atoms with Crippen molar-refractivity contribution in [3.8, 4) is 11.5 Å². The number of alkyl halides is 1. The topological polar surface area (TPSA) is 38.8 Å². The minimum atomic E-state index is 0.110. The molecule has 0 heterocycles. The maximum Gasteiger partial charge on any atom is 0.223 e. The Morgan fingerprint density at radius 3 is 2.47 bits per heavy atom. The van der Waals surface area contributed by atoms with E-state index in [2.05, 4.69) is 15.9 Å². The molecule has 0 atom stereocenters. The first-order chi connectivity index (χ1) is 9.19. The molecular weight excluding hydrogens is 310 g/mol. The van der Waals surface area contributed by atoms with Crippen LogP contribution in [0.1, 0.15) is 13.3 Å². The fourth-order valence-electron chi connectivity index (χ4n) is 1.53. The van der Waals surface area contributed by atoms with E-state index >= 15 is 0 Å². The van der Waals surface area contributed by atoms with Gasteiger partial charge in [0.2, 0.25) is 5.91 Å². The Labute approximate surface area is 122 Å². The van der Waals surface area contributed by atoms with Crippen LogP contribution < -0.4 is 9.47 Å². The second-order valence-corrected chi connectivity index (χ2v) is 4.78. The number of likely N-dealkylation sites (N-methyl/N-ethyl adjacent to an activating group) is 1. The number of rotatable bonds is 8. The molecule has 0 bridgehead atoms. The third-order valence-corrected chi connectivity index (χ3v) is 2.96. The number of ether oxygens (including phenoxy) is 2. The molecule has 0 aliphatic heterocycles. The number of hydrogen-bond donors (Lipinski definition) is 0. The van der Waals surface area contributed by atoms with E-state index in [-0.39, 0.29) is 5.91 Å². The Morgan fingerprint density at radius 1 is 1.26 bits per heavy atom. The van der Waals surface area contributed by atoms with Gasteiger partial charge in [-0.15, -0.1) is 0 Å². The zero-order valence-corrected chi connectivity index (χ0v) is 13.0. The van der Waals surface area contributed by atoms with E-state index in [4.69, 9.17) is 9.47 Å². The number of carbonyl (C=O) groups excluding carboxylic acids is 1. The quantitative estimate of drug-likeness (QED) is 0.688. The van der Waals surface area contributed by atoms with Crippen molar-refractivity contribution in [3.05, 3.63) is 24.3 Å². The lowest BCUT2D eigenvalue weighted by Gasteiger charge is -2.17. The second kappa shape index (κ2) is 8.80. The highest BCUT2D eigenvalue weighted by Crippen LogP contribution is 2.26. The Bertz CT molecular complexity index is 398. The number of amides is 1. The lowest BCUT2D eigenvalue weighted by atomic mass is 10.3. The lowest BCUT2D eigenvalue weighted by molar-refractivity contribution is -0.129. The van der Waals surface area contributed by atoms with Crippen LogP contribution in [0.2, 0.25) is 0 Å². The summed E-state index contributed by atoms with van der Waals surface area (Å²) in [4.78, 5) is 13.2. The van der Waals surface area contributed by atoms with Gasteiger partial charge in [-0.3, -0.25) is 4.79 Å². The molecule has 1 aromatic carbocycles. The molecular formula is C14H20BrNO3. The van der Waals surface area contributed by atoms with Crippen LogP contribution in [0, 0.1) is 0 Å². The summed E-state index contributed by atoms with van der Waals surface area (Å²) < 4.78 is 11.1. The first kappa shape index (κ1) is 15.8. The van der Waals surface area contributed by atoms with Crippen LogP contribution >= 0.6 is 15.9 Å². The largest absolute Gasteiger partial charge is 0.490 e. The van der Waals surface area contributed by atoms with Gasteiger partial charge < -0.3 is 14.4 Å². The van der Waals surface area contributed by atoms with E-state index in [1.54, 1.807) is 11.9 Å². The van der Waals surface area contributed by atoms with Crippen molar-refractivity contribution in [3.63, 3.8) is 0 Å². The van der Waals surface area contributed by atoms with Crippen LogP contribution in [0.25, 0.3) is 0 Å². The van der Waals surface area contributed by atoms with Gasteiger partial charge in [0.25, 0.3) is 0 Å². The predicted molar refractivity (Wildman–Crippen MR) is 79.2 cm³/mol. The molecule has 106 valence electrons. The summed E-state index contributed by atoms with van der Waals surface area (Å²) in [6.07, 6.45) is 0.506. The van der Waals surface area contributed by atoms with Crippen LogP contribution in [0.5, 0.6) is 11.5 Å². The van der Waals surface area contributed by atoms with Crippen molar-refractivity contribution >= 4 is 21.8 Å². The summed E-state index contributed by atoms with van der Waals surface area (Å²) in [5.41, 5.74) is 0. The maximum atomic E-state index is 11.6. The van der Waals surface area contributed by atoms with Crippen LogP contribution in [-0.4, -0.2) is 42.9 Å². The van der Waals surface area contributed by atoms with Crippen molar-refractivity contribution in [1.82, 2.24) is 4.90 Å². The highest BCUT2D eigenvalue weighted by atomic mass is 79.9. The van der Waals surface area contributed by atoms with Gasteiger partial charge in [0.05, 0.1) is 13.2 Å². The summed E-state index contributed by atoms with van der Waals surface area (Å²) in [6, 6.07) is 7.55. The molecule has 0 saturated heterocycles. The number of carbonyl (C=O) groups is 1. The van der Waals surface area contributed by atoms with Crippen molar-refractivity contribution < 1.29 is 14.3 Å². The summed E-state index contributed by atoms with van der Waals surface area (Å²) in [5.74, 6) is 1.56. The Balaban J connectivity index is 2.42. The molecule has 0 fully saturated rings. The van der Waals surface area contributed by atoms with Gasteiger partial charge in [-0.2, -0.15) is 0 Å². The van der Waals surface area contributed by atoms with Crippen LogP contribution in [-0.2, 0) is 4.79 Å². The molecule has 0 saturated carbocycles. The third-order valence-electron chi connectivity index (χ3n) is 2.57. The van der Waals surface area contributed by atoms with Crippen LogP contribution in [0.4, 0.5) is 0 Å². The minimum Gasteiger partial charge on any atom is -0.490 e. The summed E-state index contributed by atoms with van der Waals surface area (Å²) in [5, 5.41) is 0.685. The van der Waals surface area contributed by atoms with E-state index in [1.807, 2.05) is 31.2 Å². The fourth-order valence-corrected chi connectivity index (χ4v) is 1.87. The average Bonchev–Trinajstić information content (AvgIpc) is 2.41. The summed E-state index contributed by atoms with van der Waals surface area (Å²) in [7, 11) is 1.78. The lowest BCUT2D eigenvalue weighted by Crippen LogP contribution is -2.30. The zero-order chi connectivity index (χ0) is 14.1. The summed E-state index contributed by atoms with van der Waals surface area (Å²) in [6.45, 7) is 3.55. The fraction of sp³-hybridized carbons (Fsp3) is 0.500. The normalized spacial score (nSPS) is 10.1. The SMILES string of the molecule is CCOc1ccccc1OCCN(C)C(=O)CCBr. The second-order valence-electron chi connectivity index (χ2n) is 3.98. The van der Waals surface area contributed by atoms with E-state index in [0.717, 1.165) is 5.75 Å². The van der Waals surface area contributed by atoms with Crippen molar-refractivity contribution in [1.29, 1.82) is 0 Å². The third kappa shape index (κ3) is 5.51. The molecule has 0 aliphatic carbocycles. The molecule has 1 amide bonds. The molecule has 4 nitrogen and oxygen atoms in total. The van der Waals surface area contributed by atoms with Gasteiger partial charge in [0.15, 0.2) is 11.5 Å². The van der Waals surface area contributed by atoms with Crippen molar-refractivity contribution in [2.45, 2.75) is 13.3 Å². The first-order valence-corrected chi connectivity index (χ1v) is 7.45. The first-order valence-electron chi connectivity index (χ1n) is 6.33. The average molecular weight is 330 g/mol.